The molecule has 0 aliphatic rings. The van der Waals surface area contributed by atoms with E-state index in [2.05, 4.69) is 25.5 Å². The Morgan fingerprint density at radius 1 is 1.39 bits per heavy atom. The van der Waals surface area contributed by atoms with Crippen LogP contribution in [0.2, 0.25) is 0 Å². The average molecular weight is 342 g/mol. The molecule has 0 saturated heterocycles. The van der Waals surface area contributed by atoms with Gasteiger partial charge >= 0.3 is 6.18 Å². The average Bonchev–Trinajstić information content (AvgIpc) is 3.08. The Bertz CT molecular complexity index is 838. The fourth-order valence-corrected chi connectivity index (χ4v) is 2.99. The van der Waals surface area contributed by atoms with Gasteiger partial charge in [-0.2, -0.15) is 18.3 Å². The molecule has 0 unspecified atom stereocenters. The fourth-order valence-electron chi connectivity index (χ4n) is 2.12. The second-order valence-electron chi connectivity index (χ2n) is 4.62. The van der Waals surface area contributed by atoms with E-state index in [0.717, 1.165) is 28.9 Å². The first-order chi connectivity index (χ1) is 10.9. The van der Waals surface area contributed by atoms with Crippen LogP contribution in [0.3, 0.4) is 0 Å². The maximum Gasteiger partial charge on any atom is 0.433 e. The quantitative estimate of drug-likeness (QED) is 0.712. The molecule has 0 fully saturated rings. The number of nitrogens with one attached hydrogen (secondary N) is 2. The highest BCUT2D eigenvalue weighted by Gasteiger charge is 2.33. The summed E-state index contributed by atoms with van der Waals surface area (Å²) in [7, 11) is 1.76. The van der Waals surface area contributed by atoms with Gasteiger partial charge in [0.15, 0.2) is 0 Å². The number of anilines is 1. The fraction of sp³-hybridized carbons (Fsp3) is 0.308. The van der Waals surface area contributed by atoms with Crippen molar-refractivity contribution in [2.45, 2.75) is 18.0 Å². The van der Waals surface area contributed by atoms with Crippen molar-refractivity contribution >= 4 is 23.2 Å². The largest absolute Gasteiger partial charge is 0.433 e. The second kappa shape index (κ2) is 5.76. The van der Waals surface area contributed by atoms with Crippen LogP contribution in [0.25, 0.3) is 17.0 Å². The lowest BCUT2D eigenvalue weighted by atomic mass is 10.3. The number of hydrogen-bond donors (Lipinski definition) is 2. The van der Waals surface area contributed by atoms with Crippen molar-refractivity contribution in [2.75, 3.05) is 18.1 Å². The third-order valence-electron chi connectivity index (χ3n) is 3.14. The van der Waals surface area contributed by atoms with Gasteiger partial charge in [0.05, 0.1) is 4.90 Å². The van der Waals surface area contributed by atoms with Gasteiger partial charge < -0.3 is 5.32 Å². The molecule has 3 aromatic heterocycles. The number of imidazole rings is 1. The molecule has 0 aromatic carbocycles. The maximum absolute atomic E-state index is 12.7. The molecule has 0 aliphatic heterocycles. The molecule has 10 heteroatoms. The summed E-state index contributed by atoms with van der Waals surface area (Å²) in [4.78, 5) is 8.54. The number of rotatable bonds is 4. The number of aromatic amines is 1. The van der Waals surface area contributed by atoms with Gasteiger partial charge in [0.2, 0.25) is 0 Å². The van der Waals surface area contributed by atoms with Gasteiger partial charge in [-0.1, -0.05) is 6.92 Å². The van der Waals surface area contributed by atoms with Gasteiger partial charge in [-0.3, -0.25) is 9.50 Å². The highest BCUT2D eigenvalue weighted by Crippen LogP contribution is 2.35. The van der Waals surface area contributed by atoms with Crippen molar-refractivity contribution in [3.63, 3.8) is 0 Å². The van der Waals surface area contributed by atoms with Crippen LogP contribution in [0.4, 0.5) is 19.0 Å². The van der Waals surface area contributed by atoms with Gasteiger partial charge in [0.1, 0.15) is 34.9 Å². The highest BCUT2D eigenvalue weighted by molar-refractivity contribution is 7.99. The first-order valence-electron chi connectivity index (χ1n) is 6.75. The van der Waals surface area contributed by atoms with Crippen molar-refractivity contribution in [3.05, 3.63) is 24.3 Å². The number of aromatic nitrogens is 5. The molecule has 2 N–H and O–H groups in total. The van der Waals surface area contributed by atoms with E-state index < -0.39 is 11.9 Å². The van der Waals surface area contributed by atoms with Crippen LogP contribution >= 0.6 is 11.8 Å². The van der Waals surface area contributed by atoms with Crippen LogP contribution in [0.5, 0.6) is 0 Å². The van der Waals surface area contributed by atoms with Crippen molar-refractivity contribution in [1.82, 2.24) is 24.6 Å². The molecular formula is C13H13F3N6S. The van der Waals surface area contributed by atoms with E-state index in [-0.39, 0.29) is 5.65 Å². The van der Waals surface area contributed by atoms with Gasteiger partial charge in [-0.05, 0) is 5.75 Å². The number of alkyl halides is 3. The second-order valence-corrected chi connectivity index (χ2v) is 5.90. The minimum atomic E-state index is -4.50. The monoisotopic (exact) mass is 342 g/mol. The lowest BCUT2D eigenvalue weighted by Gasteiger charge is -2.04. The van der Waals surface area contributed by atoms with E-state index in [4.69, 9.17) is 0 Å². The van der Waals surface area contributed by atoms with E-state index in [1.165, 1.54) is 4.40 Å². The molecule has 0 radical (unpaired) electrons. The van der Waals surface area contributed by atoms with Gasteiger partial charge in [0, 0.05) is 19.3 Å². The number of fused-ring (bicyclic) bond motifs is 1. The van der Waals surface area contributed by atoms with Crippen LogP contribution < -0.4 is 5.32 Å². The summed E-state index contributed by atoms with van der Waals surface area (Å²) in [6.07, 6.45) is -1.78. The first-order valence-corrected chi connectivity index (χ1v) is 7.73. The molecule has 3 aromatic rings. The van der Waals surface area contributed by atoms with Crippen LogP contribution in [-0.2, 0) is 6.18 Å². The van der Waals surface area contributed by atoms with Crippen LogP contribution in [0.1, 0.15) is 12.6 Å². The Kier molecular flexibility index (Phi) is 3.92. The zero-order valence-electron chi connectivity index (χ0n) is 12.3. The van der Waals surface area contributed by atoms with Gasteiger partial charge in [-0.15, -0.1) is 11.8 Å². The number of halogens is 3. The zero-order chi connectivity index (χ0) is 16.6. The Balaban J connectivity index is 2.09. The third kappa shape index (κ3) is 2.85. The molecular weight excluding hydrogens is 329 g/mol. The minimum absolute atomic E-state index is 0.170. The smallest absolute Gasteiger partial charge is 0.373 e. The number of hydrogen-bond acceptors (Lipinski definition) is 5. The molecule has 0 aliphatic carbocycles. The standard InChI is InChI=1S/C13H13F3N6S/c1-3-23-11-10(20-21-12(11)17-2)7-5-22-6-18-8(13(14,15)16)4-9(22)19-7/h4-6H,3H2,1-2H3,(H2,17,20,21). The number of nitrogens with zero attached hydrogens (tertiary/aromatic N) is 4. The van der Waals surface area contributed by atoms with Crippen molar-refractivity contribution in [1.29, 1.82) is 0 Å². The molecule has 0 saturated carbocycles. The Morgan fingerprint density at radius 3 is 2.83 bits per heavy atom. The number of thioether (sulfide) groups is 1. The van der Waals surface area contributed by atoms with E-state index in [1.807, 2.05) is 6.92 Å². The molecule has 0 amide bonds. The number of H-pyrrole nitrogens is 1. The summed E-state index contributed by atoms with van der Waals surface area (Å²) in [5.41, 5.74) is 0.283. The van der Waals surface area contributed by atoms with E-state index in [1.54, 1.807) is 25.0 Å². The molecule has 0 atom stereocenters. The Hall–Kier alpha value is -2.23. The molecule has 3 heterocycles. The molecule has 0 spiro atoms. The molecule has 6 nitrogen and oxygen atoms in total. The third-order valence-corrected chi connectivity index (χ3v) is 4.12. The van der Waals surface area contributed by atoms with E-state index >= 15 is 0 Å². The Labute approximate surface area is 133 Å². The van der Waals surface area contributed by atoms with Crippen LogP contribution in [-0.4, -0.2) is 37.4 Å². The van der Waals surface area contributed by atoms with Gasteiger partial charge in [0.25, 0.3) is 0 Å². The van der Waals surface area contributed by atoms with Crippen molar-refractivity contribution in [2.24, 2.45) is 0 Å². The van der Waals surface area contributed by atoms with Crippen LogP contribution in [0.15, 0.2) is 23.5 Å². The lowest BCUT2D eigenvalue weighted by Crippen LogP contribution is -2.08. The molecule has 23 heavy (non-hydrogen) atoms. The topological polar surface area (TPSA) is 70.9 Å². The van der Waals surface area contributed by atoms with Gasteiger partial charge in [-0.25, -0.2) is 9.97 Å². The Morgan fingerprint density at radius 2 is 2.17 bits per heavy atom. The molecule has 3 rings (SSSR count). The predicted octanol–water partition coefficient (Wildman–Crippen LogP) is 3.29. The van der Waals surface area contributed by atoms with Crippen molar-refractivity contribution < 1.29 is 13.2 Å². The summed E-state index contributed by atoms with van der Waals surface area (Å²) < 4.78 is 39.6. The molecule has 122 valence electrons. The van der Waals surface area contributed by atoms with E-state index in [9.17, 15) is 13.2 Å². The maximum atomic E-state index is 12.7. The summed E-state index contributed by atoms with van der Waals surface area (Å²) in [5.74, 6) is 1.58. The lowest BCUT2D eigenvalue weighted by molar-refractivity contribution is -0.141. The molecule has 0 bridgehead atoms. The minimum Gasteiger partial charge on any atom is -0.373 e. The summed E-state index contributed by atoms with van der Waals surface area (Å²) in [6.45, 7) is 2.00. The highest BCUT2D eigenvalue weighted by atomic mass is 32.2. The normalized spacial score (nSPS) is 12.0. The van der Waals surface area contributed by atoms with Crippen LogP contribution in [0, 0.1) is 0 Å². The first kappa shape index (κ1) is 15.7. The zero-order valence-corrected chi connectivity index (χ0v) is 13.1. The SMILES string of the molecule is CCSc1c(-c2cn3cnc(C(F)(F)F)cc3n2)n[nH]c1NC. The summed E-state index contributed by atoms with van der Waals surface area (Å²) >= 11 is 1.57. The summed E-state index contributed by atoms with van der Waals surface area (Å²) in [6, 6.07) is 0.918. The van der Waals surface area contributed by atoms with E-state index in [0.29, 0.717) is 11.4 Å². The predicted molar refractivity (Wildman–Crippen MR) is 81.5 cm³/mol. The van der Waals surface area contributed by atoms with Crippen molar-refractivity contribution in [3.8, 4) is 11.4 Å². The summed E-state index contributed by atoms with van der Waals surface area (Å²) in [5, 5.41) is 10.1.